The Kier molecular flexibility index (Phi) is 4.28. The molecule has 0 saturated carbocycles. The molecule has 0 saturated heterocycles. The van der Waals surface area contributed by atoms with Gasteiger partial charge in [0.1, 0.15) is 5.82 Å². The summed E-state index contributed by atoms with van der Waals surface area (Å²) in [5.41, 5.74) is -0.0283. The lowest BCUT2D eigenvalue weighted by molar-refractivity contribution is -0.165. The molecule has 1 N–H and O–H groups in total. The van der Waals surface area contributed by atoms with Crippen molar-refractivity contribution in [1.82, 2.24) is 0 Å². The molecule has 0 atom stereocenters. The maximum Gasteiger partial charge on any atom is 0.455 e. The Hall–Kier alpha value is -1.37. The van der Waals surface area contributed by atoms with Crippen LogP contribution in [0.3, 0.4) is 0 Å². The lowest BCUT2D eigenvalue weighted by Crippen LogP contribution is -2.22. The molecule has 0 fully saturated rings. The number of rotatable bonds is 3. The zero-order chi connectivity index (χ0) is 13.1. The van der Waals surface area contributed by atoms with Crippen LogP contribution in [-0.4, -0.2) is 12.0 Å². The number of para-hydroxylation sites is 1. The third-order valence-corrected chi connectivity index (χ3v) is 2.29. The summed E-state index contributed by atoms with van der Waals surface area (Å²) in [5, 5.41) is 2.26. The van der Waals surface area contributed by atoms with Gasteiger partial charge in [-0.1, -0.05) is 12.1 Å². The van der Waals surface area contributed by atoms with Crippen LogP contribution in [-0.2, 0) is 4.79 Å². The molecule has 1 aromatic rings. The summed E-state index contributed by atoms with van der Waals surface area (Å²) in [6.07, 6.45) is -4.22. The van der Waals surface area contributed by atoms with Gasteiger partial charge in [0, 0.05) is 6.20 Å². The normalized spacial score (nSPS) is 12.4. The summed E-state index contributed by atoms with van der Waals surface area (Å²) >= 11 is 2.47. The van der Waals surface area contributed by atoms with Gasteiger partial charge in [-0.05, 0) is 28.1 Å². The third-order valence-electron chi connectivity index (χ3n) is 1.70. The Morgan fingerprint density at radius 1 is 1.29 bits per heavy atom. The molecule has 7 heteroatoms. The zero-order valence-corrected chi connectivity index (χ0v) is 9.77. The number of Topliss-reactive ketones (excluding diaryl/α,β-unsaturated/α-hetero) is 1. The van der Waals surface area contributed by atoms with Crippen molar-refractivity contribution in [3.63, 3.8) is 0 Å². The quantitative estimate of drug-likeness (QED) is 0.682. The average molecular weight is 312 g/mol. The number of halogens is 5. The van der Waals surface area contributed by atoms with Crippen LogP contribution in [0.2, 0.25) is 0 Å². The van der Waals surface area contributed by atoms with E-state index in [0.717, 1.165) is 12.3 Å². The van der Waals surface area contributed by atoms with E-state index in [4.69, 9.17) is 0 Å². The molecule has 0 radical (unpaired) electrons. The number of ketones is 1. The summed E-state index contributed by atoms with van der Waals surface area (Å²) in [6.45, 7) is 0. The standard InChI is InChI=1S/C10H6BrF4NO/c11-6(9(17)10(13,14)15)5-16-8-4-2-1-3-7(8)12/h1-5,16H/b6-5-. The van der Waals surface area contributed by atoms with Crippen molar-refractivity contribution in [1.29, 1.82) is 0 Å². The predicted molar refractivity (Wildman–Crippen MR) is 58.1 cm³/mol. The lowest BCUT2D eigenvalue weighted by Gasteiger charge is -2.05. The van der Waals surface area contributed by atoms with Crippen molar-refractivity contribution in [2.75, 3.05) is 5.32 Å². The van der Waals surface area contributed by atoms with Crippen molar-refractivity contribution in [2.45, 2.75) is 6.18 Å². The van der Waals surface area contributed by atoms with Crippen molar-refractivity contribution < 1.29 is 22.4 Å². The lowest BCUT2D eigenvalue weighted by atomic mass is 10.3. The third kappa shape index (κ3) is 3.85. The molecule has 0 amide bonds. The fourth-order valence-corrected chi connectivity index (χ4v) is 1.26. The summed E-state index contributed by atoms with van der Waals surface area (Å²) in [7, 11) is 0. The molecule has 0 spiro atoms. The van der Waals surface area contributed by atoms with Crippen LogP contribution in [0.5, 0.6) is 0 Å². The van der Waals surface area contributed by atoms with Crippen LogP contribution in [0, 0.1) is 5.82 Å². The second-order valence-corrected chi connectivity index (χ2v) is 3.80. The summed E-state index contributed by atoms with van der Waals surface area (Å²) < 4.78 is 48.3. The van der Waals surface area contributed by atoms with Gasteiger partial charge in [0.15, 0.2) is 0 Å². The van der Waals surface area contributed by atoms with E-state index in [9.17, 15) is 22.4 Å². The number of carbonyl (C=O) groups excluding carboxylic acids is 1. The number of hydrogen-bond acceptors (Lipinski definition) is 2. The molecule has 0 heterocycles. The molecule has 0 unspecified atom stereocenters. The largest absolute Gasteiger partial charge is 0.455 e. The summed E-state index contributed by atoms with van der Waals surface area (Å²) in [6, 6.07) is 5.39. The van der Waals surface area contributed by atoms with E-state index in [1.165, 1.54) is 18.2 Å². The number of allylic oxidation sites excluding steroid dienone is 1. The highest BCUT2D eigenvalue weighted by Gasteiger charge is 2.39. The van der Waals surface area contributed by atoms with Crippen LogP contribution in [0.25, 0.3) is 0 Å². The zero-order valence-electron chi connectivity index (χ0n) is 8.18. The molecule has 1 rings (SSSR count). The molecule has 1 aromatic carbocycles. The Morgan fingerprint density at radius 2 is 1.88 bits per heavy atom. The Balaban J connectivity index is 2.79. The van der Waals surface area contributed by atoms with E-state index >= 15 is 0 Å². The van der Waals surface area contributed by atoms with Gasteiger partial charge in [0.25, 0.3) is 5.78 Å². The van der Waals surface area contributed by atoms with Gasteiger partial charge in [-0.2, -0.15) is 13.2 Å². The second-order valence-electron chi connectivity index (χ2n) is 2.94. The van der Waals surface area contributed by atoms with Crippen LogP contribution < -0.4 is 5.32 Å². The average Bonchev–Trinajstić information content (AvgIpc) is 2.25. The highest BCUT2D eigenvalue weighted by atomic mass is 79.9. The fourth-order valence-electron chi connectivity index (χ4n) is 0.920. The maximum absolute atomic E-state index is 13.1. The van der Waals surface area contributed by atoms with Crippen molar-refractivity contribution in [2.24, 2.45) is 0 Å². The minimum atomic E-state index is -4.97. The van der Waals surface area contributed by atoms with Gasteiger partial charge < -0.3 is 5.32 Å². The number of anilines is 1. The Labute approximate surface area is 102 Å². The topological polar surface area (TPSA) is 29.1 Å². The molecule has 0 aromatic heterocycles. The van der Waals surface area contributed by atoms with E-state index in [0.29, 0.717) is 0 Å². The molecular formula is C10H6BrF4NO. The first-order chi connectivity index (χ1) is 7.82. The van der Waals surface area contributed by atoms with E-state index < -0.39 is 22.3 Å². The van der Waals surface area contributed by atoms with Crippen molar-refractivity contribution in [3.8, 4) is 0 Å². The van der Waals surface area contributed by atoms with E-state index in [1.54, 1.807) is 0 Å². The number of benzene rings is 1. The molecule has 0 aliphatic heterocycles. The first kappa shape index (κ1) is 13.7. The first-order valence-corrected chi connectivity index (χ1v) is 5.10. The number of nitrogens with one attached hydrogen (secondary N) is 1. The van der Waals surface area contributed by atoms with Gasteiger partial charge in [-0.3, -0.25) is 4.79 Å². The van der Waals surface area contributed by atoms with Crippen LogP contribution in [0.15, 0.2) is 34.9 Å². The number of hydrogen-bond donors (Lipinski definition) is 1. The Morgan fingerprint density at radius 3 is 2.41 bits per heavy atom. The number of carbonyl (C=O) groups is 1. The monoisotopic (exact) mass is 311 g/mol. The minimum absolute atomic E-state index is 0.0283. The van der Waals surface area contributed by atoms with Gasteiger partial charge in [0.2, 0.25) is 0 Å². The number of alkyl halides is 3. The summed E-state index contributed by atoms with van der Waals surface area (Å²) in [5.74, 6) is -2.68. The second kappa shape index (κ2) is 5.31. The molecule has 0 bridgehead atoms. The predicted octanol–water partition coefficient (Wildman–Crippen LogP) is 3.61. The summed E-state index contributed by atoms with van der Waals surface area (Å²) in [4.78, 5) is 10.7. The maximum atomic E-state index is 13.1. The van der Waals surface area contributed by atoms with E-state index in [1.807, 2.05) is 0 Å². The van der Waals surface area contributed by atoms with Gasteiger partial charge in [-0.15, -0.1) is 0 Å². The smallest absolute Gasteiger partial charge is 0.358 e. The van der Waals surface area contributed by atoms with Crippen LogP contribution in [0.4, 0.5) is 23.2 Å². The van der Waals surface area contributed by atoms with Crippen LogP contribution in [0.1, 0.15) is 0 Å². The fraction of sp³-hybridized carbons (Fsp3) is 0.100. The van der Waals surface area contributed by atoms with Crippen molar-refractivity contribution in [3.05, 3.63) is 40.8 Å². The van der Waals surface area contributed by atoms with Gasteiger partial charge in [0.05, 0.1) is 10.2 Å². The first-order valence-electron chi connectivity index (χ1n) is 4.30. The molecule has 92 valence electrons. The SMILES string of the molecule is O=C(/C(Br)=C/Nc1ccccc1F)C(F)(F)F. The van der Waals surface area contributed by atoms with Crippen LogP contribution >= 0.6 is 15.9 Å². The Bertz CT molecular complexity index is 456. The van der Waals surface area contributed by atoms with Crippen molar-refractivity contribution >= 4 is 27.4 Å². The minimum Gasteiger partial charge on any atom is -0.358 e. The van der Waals surface area contributed by atoms with Gasteiger partial charge >= 0.3 is 6.18 Å². The molecule has 17 heavy (non-hydrogen) atoms. The highest BCUT2D eigenvalue weighted by molar-refractivity contribution is 9.12. The van der Waals surface area contributed by atoms with E-state index in [-0.39, 0.29) is 5.69 Å². The molecule has 0 aliphatic carbocycles. The molecular weight excluding hydrogens is 306 g/mol. The van der Waals surface area contributed by atoms with E-state index in [2.05, 4.69) is 21.2 Å². The van der Waals surface area contributed by atoms with Gasteiger partial charge in [-0.25, -0.2) is 4.39 Å². The molecule has 2 nitrogen and oxygen atoms in total. The highest BCUT2D eigenvalue weighted by Crippen LogP contribution is 2.24. The molecule has 0 aliphatic rings.